The summed E-state index contributed by atoms with van der Waals surface area (Å²) >= 11 is 0. The van der Waals surface area contributed by atoms with E-state index in [4.69, 9.17) is 21.5 Å². The number of benzene rings is 1. The Morgan fingerprint density at radius 1 is 1.22 bits per heavy atom. The first-order chi connectivity index (χ1) is 13.8. The fraction of sp³-hybridized carbons (Fsp3) is 0.556. The van der Waals surface area contributed by atoms with Crippen LogP contribution in [0.5, 0.6) is 0 Å². The molecule has 1 saturated heterocycles. The van der Waals surface area contributed by atoms with E-state index in [1.807, 2.05) is 0 Å². The third-order valence-electron chi connectivity index (χ3n) is 5.40. The Kier molecular flexibility index (Phi) is 11.5. The Balaban J connectivity index is 0.00000480. The third kappa shape index (κ3) is 7.50. The van der Waals surface area contributed by atoms with Crippen LogP contribution in [0.25, 0.3) is 0 Å². The number of nitrogens with zero attached hydrogens (tertiary/aromatic N) is 1. The van der Waals surface area contributed by atoms with E-state index in [0.29, 0.717) is 12.0 Å². The maximum atomic E-state index is 12.7. The van der Waals surface area contributed by atoms with Gasteiger partial charge < -0.3 is 31.5 Å². The standard InChI is InChI=1S/C18H25BF3N3O5.2ClH/c20-18(21,22)12-5-3-11(4-6-12)8-14(23)15(26)25-9-13(2-1-7-19(29)30)17(24,10-25)16(27)28;;/h3-6,13-14,29-30H,1-2,7-10,23-24H2,(H,27,28);2*1H/t13-,14?,17-;;/m0../s1. The lowest BCUT2D eigenvalue weighted by atomic mass is 9.78. The summed E-state index contributed by atoms with van der Waals surface area (Å²) in [6.07, 6.45) is -3.84. The van der Waals surface area contributed by atoms with Crippen LogP contribution in [0.4, 0.5) is 13.2 Å². The number of carbonyl (C=O) groups is 2. The molecule has 0 aliphatic carbocycles. The molecule has 7 N–H and O–H groups in total. The second-order valence-corrected chi connectivity index (χ2v) is 7.68. The lowest BCUT2D eigenvalue weighted by Crippen LogP contribution is -2.55. The SMILES string of the molecule is Cl.Cl.NC(Cc1ccc(C(F)(F)F)cc1)C(=O)N1C[C@H](CCCB(O)O)[C@](N)(C(=O)O)C1. The van der Waals surface area contributed by atoms with Crippen LogP contribution in [0.15, 0.2) is 24.3 Å². The number of likely N-dealkylation sites (tertiary alicyclic amines) is 1. The summed E-state index contributed by atoms with van der Waals surface area (Å²) in [6.45, 7) is -0.210. The Labute approximate surface area is 196 Å². The van der Waals surface area contributed by atoms with Crippen molar-refractivity contribution in [3.8, 4) is 0 Å². The minimum Gasteiger partial charge on any atom is -0.480 e. The summed E-state index contributed by atoms with van der Waals surface area (Å²) in [4.78, 5) is 25.6. The highest BCUT2D eigenvalue weighted by Gasteiger charge is 2.51. The molecule has 1 aromatic rings. The summed E-state index contributed by atoms with van der Waals surface area (Å²) in [5, 5.41) is 27.4. The van der Waals surface area contributed by atoms with Crippen LogP contribution in [0.2, 0.25) is 6.32 Å². The molecule has 0 spiro atoms. The second-order valence-electron chi connectivity index (χ2n) is 7.68. The molecule has 1 aromatic carbocycles. The van der Waals surface area contributed by atoms with Gasteiger partial charge in [-0.15, -0.1) is 24.8 Å². The molecule has 182 valence electrons. The summed E-state index contributed by atoms with van der Waals surface area (Å²) in [7, 11) is -1.52. The van der Waals surface area contributed by atoms with Crippen LogP contribution >= 0.6 is 24.8 Å². The van der Waals surface area contributed by atoms with Crippen molar-refractivity contribution < 1.29 is 37.9 Å². The highest BCUT2D eigenvalue weighted by Crippen LogP contribution is 2.31. The summed E-state index contributed by atoms with van der Waals surface area (Å²) in [6, 6.07) is 3.23. The van der Waals surface area contributed by atoms with Crippen LogP contribution in [0, 0.1) is 5.92 Å². The highest BCUT2D eigenvalue weighted by molar-refractivity contribution is 6.40. The van der Waals surface area contributed by atoms with Crippen LogP contribution in [-0.2, 0) is 22.2 Å². The van der Waals surface area contributed by atoms with Gasteiger partial charge in [0.25, 0.3) is 0 Å². The fourth-order valence-corrected chi connectivity index (χ4v) is 3.65. The van der Waals surface area contributed by atoms with Crippen molar-refractivity contribution in [1.82, 2.24) is 4.90 Å². The smallest absolute Gasteiger partial charge is 0.451 e. The summed E-state index contributed by atoms with van der Waals surface area (Å²) in [5.41, 5.74) is 9.91. The first kappa shape index (κ1) is 30.4. The van der Waals surface area contributed by atoms with Crippen LogP contribution in [-0.4, -0.2) is 63.7 Å². The lowest BCUT2D eigenvalue weighted by Gasteiger charge is -2.25. The molecule has 3 atom stereocenters. The number of halogens is 5. The minimum absolute atomic E-state index is 0. The zero-order valence-corrected chi connectivity index (χ0v) is 18.6. The third-order valence-corrected chi connectivity index (χ3v) is 5.40. The van der Waals surface area contributed by atoms with Crippen LogP contribution in [0.3, 0.4) is 0 Å². The van der Waals surface area contributed by atoms with Crippen molar-refractivity contribution in [2.24, 2.45) is 17.4 Å². The van der Waals surface area contributed by atoms with E-state index in [1.165, 1.54) is 17.0 Å². The quantitative estimate of drug-likeness (QED) is 0.331. The zero-order chi connectivity index (χ0) is 22.7. The van der Waals surface area contributed by atoms with Crippen molar-refractivity contribution in [2.75, 3.05) is 13.1 Å². The fourth-order valence-electron chi connectivity index (χ4n) is 3.65. The van der Waals surface area contributed by atoms with Crippen molar-refractivity contribution in [1.29, 1.82) is 0 Å². The Bertz CT molecular complexity index is 773. The number of nitrogens with two attached hydrogens (primary N) is 2. The average molecular weight is 504 g/mol. The van der Waals surface area contributed by atoms with Crippen molar-refractivity contribution in [3.05, 3.63) is 35.4 Å². The molecule has 1 aliphatic heterocycles. The maximum Gasteiger partial charge on any atom is 0.451 e. The van der Waals surface area contributed by atoms with E-state index < -0.39 is 48.2 Å². The molecule has 0 bridgehead atoms. The molecular weight excluding hydrogens is 477 g/mol. The summed E-state index contributed by atoms with van der Waals surface area (Å²) in [5.74, 6) is -2.42. The topological polar surface area (TPSA) is 150 Å². The van der Waals surface area contributed by atoms with Gasteiger partial charge in [-0.25, -0.2) is 0 Å². The number of amides is 1. The Morgan fingerprint density at radius 2 is 1.78 bits per heavy atom. The molecule has 0 saturated carbocycles. The van der Waals surface area contributed by atoms with E-state index in [2.05, 4.69) is 0 Å². The molecule has 1 aliphatic rings. The number of carbonyl (C=O) groups excluding carboxylic acids is 1. The van der Waals surface area contributed by atoms with E-state index in [1.54, 1.807) is 0 Å². The molecule has 1 unspecified atom stereocenters. The second kappa shape index (κ2) is 12.1. The van der Waals surface area contributed by atoms with Crippen molar-refractivity contribution in [2.45, 2.75) is 43.3 Å². The zero-order valence-electron chi connectivity index (χ0n) is 17.0. The molecule has 1 fully saturated rings. The average Bonchev–Trinajstić information content (AvgIpc) is 2.98. The molecule has 2 rings (SSSR count). The molecule has 8 nitrogen and oxygen atoms in total. The van der Waals surface area contributed by atoms with Gasteiger partial charge >= 0.3 is 19.3 Å². The van der Waals surface area contributed by atoms with Gasteiger partial charge in [-0.05, 0) is 36.9 Å². The van der Waals surface area contributed by atoms with E-state index in [9.17, 15) is 27.9 Å². The van der Waals surface area contributed by atoms with E-state index >= 15 is 0 Å². The number of aliphatic carboxylic acids is 1. The normalized spacial score (nSPS) is 21.3. The maximum absolute atomic E-state index is 12.7. The van der Waals surface area contributed by atoms with Crippen molar-refractivity contribution >= 4 is 43.8 Å². The molecule has 14 heteroatoms. The first-order valence-corrected chi connectivity index (χ1v) is 9.43. The van der Waals surface area contributed by atoms with E-state index in [-0.39, 0.29) is 57.1 Å². The van der Waals surface area contributed by atoms with Gasteiger partial charge in [0.1, 0.15) is 5.54 Å². The summed E-state index contributed by atoms with van der Waals surface area (Å²) < 4.78 is 37.9. The minimum atomic E-state index is -4.46. The lowest BCUT2D eigenvalue weighted by molar-refractivity contribution is -0.144. The Hall–Kier alpha value is -1.57. The van der Waals surface area contributed by atoms with Crippen LogP contribution < -0.4 is 11.5 Å². The molecular formula is C18H27BCl2F3N3O5. The number of hydrogen-bond acceptors (Lipinski definition) is 6. The highest BCUT2D eigenvalue weighted by atomic mass is 35.5. The van der Waals surface area contributed by atoms with Crippen LogP contribution in [0.1, 0.15) is 24.0 Å². The number of carboxylic acid groups (broad SMARTS) is 1. The van der Waals surface area contributed by atoms with Gasteiger partial charge in [-0.1, -0.05) is 18.6 Å². The predicted octanol–water partition coefficient (Wildman–Crippen LogP) is 0.912. The van der Waals surface area contributed by atoms with Crippen molar-refractivity contribution in [3.63, 3.8) is 0 Å². The number of rotatable bonds is 8. The molecule has 1 amide bonds. The van der Waals surface area contributed by atoms with Gasteiger partial charge in [0.05, 0.1) is 11.6 Å². The predicted molar refractivity (Wildman–Crippen MR) is 116 cm³/mol. The number of hydrogen-bond donors (Lipinski definition) is 5. The largest absolute Gasteiger partial charge is 0.480 e. The molecule has 32 heavy (non-hydrogen) atoms. The van der Waals surface area contributed by atoms with Gasteiger partial charge in [0, 0.05) is 19.0 Å². The van der Waals surface area contributed by atoms with Gasteiger partial charge in [-0.3, -0.25) is 9.59 Å². The first-order valence-electron chi connectivity index (χ1n) is 9.43. The van der Waals surface area contributed by atoms with E-state index in [0.717, 1.165) is 12.1 Å². The molecule has 0 radical (unpaired) electrons. The number of alkyl halides is 3. The van der Waals surface area contributed by atoms with Gasteiger partial charge in [-0.2, -0.15) is 13.2 Å². The molecule has 1 heterocycles. The molecule has 0 aromatic heterocycles. The monoisotopic (exact) mass is 503 g/mol. The van der Waals surface area contributed by atoms with Gasteiger partial charge in [0.2, 0.25) is 5.91 Å². The van der Waals surface area contributed by atoms with Gasteiger partial charge in [0.15, 0.2) is 0 Å². The Morgan fingerprint density at radius 3 is 2.25 bits per heavy atom. The number of carboxylic acids is 1.